The molecule has 1 aliphatic carbocycles. The van der Waals surface area contributed by atoms with Gasteiger partial charge in [-0.05, 0) is 25.7 Å². The van der Waals surface area contributed by atoms with Crippen LogP contribution in [0.5, 0.6) is 0 Å². The van der Waals surface area contributed by atoms with Crippen molar-refractivity contribution in [1.82, 2.24) is 0 Å². The van der Waals surface area contributed by atoms with Crippen LogP contribution in [0.15, 0.2) is 5.16 Å². The number of amidine groups is 1. The molecule has 3 N–H and O–H groups in total. The molecular weight excluding hydrogens is 180 g/mol. The first-order valence-corrected chi connectivity index (χ1v) is 5.26. The number of oxime groups is 1. The van der Waals surface area contributed by atoms with Crippen LogP contribution >= 0.6 is 0 Å². The van der Waals surface area contributed by atoms with Gasteiger partial charge in [-0.1, -0.05) is 24.9 Å². The number of rotatable bonds is 3. The van der Waals surface area contributed by atoms with E-state index in [1.165, 1.54) is 12.8 Å². The zero-order chi connectivity index (χ0) is 10.6. The molecule has 3 atom stereocenters. The van der Waals surface area contributed by atoms with Gasteiger partial charge in [0.1, 0.15) is 6.10 Å². The second-order valence-corrected chi connectivity index (χ2v) is 4.20. The van der Waals surface area contributed by atoms with Gasteiger partial charge in [0.05, 0.1) is 6.10 Å². The zero-order valence-electron chi connectivity index (χ0n) is 8.94. The summed E-state index contributed by atoms with van der Waals surface area (Å²) in [6, 6.07) is 0. The monoisotopic (exact) mass is 200 g/mol. The Kier molecular flexibility index (Phi) is 4.20. The Balaban J connectivity index is 2.36. The molecule has 0 aliphatic heterocycles. The molecule has 14 heavy (non-hydrogen) atoms. The Morgan fingerprint density at radius 2 is 2.29 bits per heavy atom. The highest BCUT2D eigenvalue weighted by Gasteiger charge is 2.22. The summed E-state index contributed by atoms with van der Waals surface area (Å²) in [6.45, 7) is 4.05. The van der Waals surface area contributed by atoms with Crippen molar-refractivity contribution in [2.24, 2.45) is 16.8 Å². The fourth-order valence-corrected chi connectivity index (χ4v) is 1.94. The lowest BCUT2D eigenvalue weighted by Gasteiger charge is -2.28. The van der Waals surface area contributed by atoms with Gasteiger partial charge in [-0.25, -0.2) is 0 Å². The minimum Gasteiger partial charge on any atom is -0.409 e. The van der Waals surface area contributed by atoms with Gasteiger partial charge in [0.15, 0.2) is 5.84 Å². The molecule has 0 aromatic carbocycles. The van der Waals surface area contributed by atoms with Gasteiger partial charge in [0.2, 0.25) is 0 Å². The first kappa shape index (κ1) is 11.3. The summed E-state index contributed by atoms with van der Waals surface area (Å²) in [5.41, 5.74) is 5.44. The third kappa shape index (κ3) is 3.18. The fourth-order valence-electron chi connectivity index (χ4n) is 1.94. The van der Waals surface area contributed by atoms with Gasteiger partial charge >= 0.3 is 0 Å². The molecule has 0 saturated heterocycles. The molecule has 1 rings (SSSR count). The normalized spacial score (nSPS) is 31.4. The minimum atomic E-state index is -0.282. The lowest BCUT2D eigenvalue weighted by molar-refractivity contribution is -0.00310. The van der Waals surface area contributed by atoms with E-state index >= 15 is 0 Å². The molecule has 0 spiro atoms. The summed E-state index contributed by atoms with van der Waals surface area (Å²) < 4.78 is 5.70. The van der Waals surface area contributed by atoms with E-state index in [0.29, 0.717) is 0 Å². The highest BCUT2D eigenvalue weighted by atomic mass is 16.5. The van der Waals surface area contributed by atoms with Gasteiger partial charge in [-0.3, -0.25) is 0 Å². The topological polar surface area (TPSA) is 67.8 Å². The Morgan fingerprint density at radius 1 is 1.57 bits per heavy atom. The first-order chi connectivity index (χ1) is 6.63. The lowest BCUT2D eigenvalue weighted by atomic mass is 9.88. The van der Waals surface area contributed by atoms with Gasteiger partial charge < -0.3 is 15.7 Å². The molecule has 1 saturated carbocycles. The summed E-state index contributed by atoms with van der Waals surface area (Å²) in [7, 11) is 0. The van der Waals surface area contributed by atoms with Crippen LogP contribution in [0.4, 0.5) is 0 Å². The van der Waals surface area contributed by atoms with Crippen molar-refractivity contribution in [1.29, 1.82) is 0 Å². The SMILES string of the molecule is CC1CCCC(OC(C)C(N)=NO)C1. The quantitative estimate of drug-likeness (QED) is 0.315. The predicted molar refractivity (Wildman–Crippen MR) is 55.4 cm³/mol. The van der Waals surface area contributed by atoms with Crippen LogP contribution in [0.2, 0.25) is 0 Å². The molecular formula is C10H20N2O2. The number of hydrogen-bond acceptors (Lipinski definition) is 3. The van der Waals surface area contributed by atoms with Crippen molar-refractivity contribution in [3.8, 4) is 0 Å². The van der Waals surface area contributed by atoms with Crippen molar-refractivity contribution in [2.75, 3.05) is 0 Å². The van der Waals surface area contributed by atoms with Crippen LogP contribution in [0.1, 0.15) is 39.5 Å². The van der Waals surface area contributed by atoms with Crippen LogP contribution in [-0.2, 0) is 4.74 Å². The van der Waals surface area contributed by atoms with E-state index in [1.807, 2.05) is 6.92 Å². The summed E-state index contributed by atoms with van der Waals surface area (Å²) in [4.78, 5) is 0. The van der Waals surface area contributed by atoms with Crippen LogP contribution < -0.4 is 5.73 Å². The van der Waals surface area contributed by atoms with E-state index in [4.69, 9.17) is 15.7 Å². The van der Waals surface area contributed by atoms with Gasteiger partial charge in [0.25, 0.3) is 0 Å². The third-order valence-electron chi connectivity index (χ3n) is 2.82. The van der Waals surface area contributed by atoms with Crippen LogP contribution in [0.3, 0.4) is 0 Å². The Hall–Kier alpha value is -0.770. The van der Waals surface area contributed by atoms with E-state index in [2.05, 4.69) is 12.1 Å². The Labute approximate surface area is 85.1 Å². The fraction of sp³-hybridized carbons (Fsp3) is 0.900. The summed E-state index contributed by atoms with van der Waals surface area (Å²) in [6.07, 6.45) is 4.67. The number of hydrogen-bond donors (Lipinski definition) is 2. The van der Waals surface area contributed by atoms with Crippen LogP contribution in [-0.4, -0.2) is 23.3 Å². The molecule has 0 heterocycles. The number of nitrogens with two attached hydrogens (primary N) is 1. The van der Waals surface area contributed by atoms with E-state index in [0.717, 1.165) is 18.8 Å². The average Bonchev–Trinajstić information content (AvgIpc) is 2.16. The maximum absolute atomic E-state index is 8.47. The first-order valence-electron chi connectivity index (χ1n) is 5.26. The van der Waals surface area contributed by atoms with Gasteiger partial charge in [-0.15, -0.1) is 0 Å². The lowest BCUT2D eigenvalue weighted by Crippen LogP contribution is -2.34. The van der Waals surface area contributed by atoms with Crippen molar-refractivity contribution < 1.29 is 9.94 Å². The second-order valence-electron chi connectivity index (χ2n) is 4.20. The summed E-state index contributed by atoms with van der Waals surface area (Å²) >= 11 is 0. The standard InChI is InChI=1S/C10H20N2O2/c1-7-4-3-5-9(6-7)14-8(2)10(11)12-13/h7-9,13H,3-6H2,1-2H3,(H2,11,12). The van der Waals surface area contributed by atoms with Gasteiger partial charge in [0, 0.05) is 0 Å². The predicted octanol–water partition coefficient (Wildman–Crippen LogP) is 1.72. The molecule has 3 unspecified atom stereocenters. The highest BCUT2D eigenvalue weighted by Crippen LogP contribution is 2.26. The smallest absolute Gasteiger partial charge is 0.168 e. The van der Waals surface area contributed by atoms with Crippen LogP contribution in [0, 0.1) is 5.92 Å². The molecule has 82 valence electrons. The second kappa shape index (κ2) is 5.20. The molecule has 0 bridgehead atoms. The van der Waals surface area contributed by atoms with Gasteiger partial charge in [-0.2, -0.15) is 0 Å². The summed E-state index contributed by atoms with van der Waals surface area (Å²) in [5, 5.41) is 11.4. The Morgan fingerprint density at radius 3 is 2.86 bits per heavy atom. The van der Waals surface area contributed by atoms with E-state index in [1.54, 1.807) is 0 Å². The summed E-state index contributed by atoms with van der Waals surface area (Å²) in [5.74, 6) is 0.886. The zero-order valence-corrected chi connectivity index (χ0v) is 8.94. The maximum atomic E-state index is 8.47. The maximum Gasteiger partial charge on any atom is 0.168 e. The highest BCUT2D eigenvalue weighted by molar-refractivity contribution is 5.83. The van der Waals surface area contributed by atoms with Crippen molar-refractivity contribution in [3.05, 3.63) is 0 Å². The molecule has 4 nitrogen and oxygen atoms in total. The molecule has 0 aromatic heterocycles. The van der Waals surface area contributed by atoms with Crippen molar-refractivity contribution >= 4 is 5.84 Å². The van der Waals surface area contributed by atoms with Crippen molar-refractivity contribution in [3.63, 3.8) is 0 Å². The largest absolute Gasteiger partial charge is 0.409 e. The molecule has 4 heteroatoms. The molecule has 1 aliphatic rings. The van der Waals surface area contributed by atoms with E-state index in [9.17, 15) is 0 Å². The molecule has 0 aromatic rings. The van der Waals surface area contributed by atoms with Crippen LogP contribution in [0.25, 0.3) is 0 Å². The molecule has 1 fully saturated rings. The number of ether oxygens (including phenoxy) is 1. The molecule has 0 radical (unpaired) electrons. The average molecular weight is 200 g/mol. The van der Waals surface area contributed by atoms with E-state index < -0.39 is 0 Å². The number of nitrogens with zero attached hydrogens (tertiary/aromatic N) is 1. The molecule has 0 amide bonds. The van der Waals surface area contributed by atoms with E-state index in [-0.39, 0.29) is 18.0 Å². The Bertz CT molecular complexity index is 206. The third-order valence-corrected chi connectivity index (χ3v) is 2.82. The van der Waals surface area contributed by atoms with Crippen molar-refractivity contribution in [2.45, 2.75) is 51.7 Å². The minimum absolute atomic E-state index is 0.156.